The monoisotopic (exact) mass is 301 g/mol. The molecule has 0 unspecified atom stereocenters. The third kappa shape index (κ3) is 2.50. The van der Waals surface area contributed by atoms with E-state index < -0.39 is 0 Å². The molecule has 1 fully saturated rings. The smallest absolute Gasteiger partial charge is 0.150 e. The van der Waals surface area contributed by atoms with Crippen LogP contribution in [0.2, 0.25) is 0 Å². The summed E-state index contributed by atoms with van der Waals surface area (Å²) in [6, 6.07) is 3.97. The number of anilines is 1. The first kappa shape index (κ1) is 12.7. The van der Waals surface area contributed by atoms with Crippen LogP contribution in [-0.2, 0) is 11.3 Å². The van der Waals surface area contributed by atoms with E-state index in [-0.39, 0.29) is 6.10 Å². The summed E-state index contributed by atoms with van der Waals surface area (Å²) in [5, 5.41) is 6.30. The minimum Gasteiger partial charge on any atom is -0.373 e. The van der Waals surface area contributed by atoms with Crippen molar-refractivity contribution < 1.29 is 4.74 Å². The highest BCUT2D eigenvalue weighted by Gasteiger charge is 2.23. The average molecular weight is 301 g/mol. The molecule has 4 rings (SSSR count). The van der Waals surface area contributed by atoms with Gasteiger partial charge in [0.05, 0.1) is 29.5 Å². The molecule has 21 heavy (non-hydrogen) atoms. The van der Waals surface area contributed by atoms with E-state index >= 15 is 0 Å². The maximum absolute atomic E-state index is 5.85. The molecule has 0 aliphatic carbocycles. The first-order chi connectivity index (χ1) is 10.4. The van der Waals surface area contributed by atoms with Crippen LogP contribution in [0.15, 0.2) is 36.2 Å². The minimum absolute atomic E-state index is 0.128. The highest BCUT2D eigenvalue weighted by atomic mass is 32.1. The summed E-state index contributed by atoms with van der Waals surface area (Å²) >= 11 is 1.69. The molecular weight excluding hydrogens is 286 g/mol. The third-order valence-electron chi connectivity index (χ3n) is 3.61. The molecule has 1 aliphatic heterocycles. The molecule has 3 aromatic rings. The Hall–Kier alpha value is -1.99. The maximum Gasteiger partial charge on any atom is 0.150 e. The molecule has 3 aromatic heterocycles. The number of fused-ring (bicyclic) bond motifs is 1. The highest BCUT2D eigenvalue weighted by molar-refractivity contribution is 7.17. The van der Waals surface area contributed by atoms with Crippen LogP contribution in [0.3, 0.4) is 0 Å². The molecule has 0 amide bonds. The Kier molecular flexibility index (Phi) is 3.28. The number of thiophene rings is 1. The minimum atomic E-state index is 0.128. The Morgan fingerprint density at radius 2 is 2.38 bits per heavy atom. The Balaban J connectivity index is 1.56. The van der Waals surface area contributed by atoms with Gasteiger partial charge in [-0.3, -0.25) is 4.68 Å². The van der Waals surface area contributed by atoms with E-state index in [2.05, 4.69) is 25.3 Å². The summed E-state index contributed by atoms with van der Waals surface area (Å²) in [6.45, 7) is 3.16. The predicted molar refractivity (Wildman–Crippen MR) is 81.6 cm³/mol. The lowest BCUT2D eigenvalue weighted by Crippen LogP contribution is -2.44. The van der Waals surface area contributed by atoms with Crippen LogP contribution in [-0.4, -0.2) is 45.5 Å². The molecule has 0 spiro atoms. The number of aromatic nitrogens is 4. The van der Waals surface area contributed by atoms with Crippen molar-refractivity contribution in [2.75, 3.05) is 24.6 Å². The first-order valence-corrected chi connectivity index (χ1v) is 7.80. The lowest BCUT2D eigenvalue weighted by Gasteiger charge is -2.33. The zero-order chi connectivity index (χ0) is 14.1. The molecule has 0 aromatic carbocycles. The zero-order valence-corrected chi connectivity index (χ0v) is 12.2. The number of hydrogen-bond acceptors (Lipinski definition) is 6. The maximum atomic E-state index is 5.85. The van der Waals surface area contributed by atoms with E-state index in [1.807, 2.05) is 23.0 Å². The van der Waals surface area contributed by atoms with Crippen LogP contribution in [0.4, 0.5) is 5.82 Å². The SMILES string of the molecule is c1cnn(C[C@H]2CN(c3ncnc4ccsc34)CCO2)c1. The fourth-order valence-corrected chi connectivity index (χ4v) is 3.50. The molecule has 108 valence electrons. The molecule has 7 heteroatoms. The van der Waals surface area contributed by atoms with Gasteiger partial charge in [0.2, 0.25) is 0 Å². The summed E-state index contributed by atoms with van der Waals surface area (Å²) in [5.74, 6) is 1.02. The number of morpholine rings is 1. The zero-order valence-electron chi connectivity index (χ0n) is 11.4. The van der Waals surface area contributed by atoms with Gasteiger partial charge in [0.15, 0.2) is 0 Å². The normalized spacial score (nSPS) is 19.2. The van der Waals surface area contributed by atoms with Crippen molar-refractivity contribution in [1.82, 2.24) is 19.7 Å². The predicted octanol–water partition coefficient (Wildman–Crippen LogP) is 1.79. The van der Waals surface area contributed by atoms with E-state index in [0.717, 1.165) is 35.7 Å². The molecule has 4 heterocycles. The summed E-state index contributed by atoms with van der Waals surface area (Å²) in [6.07, 6.45) is 5.52. The molecule has 0 saturated carbocycles. The van der Waals surface area contributed by atoms with Gasteiger partial charge in [-0.15, -0.1) is 11.3 Å². The molecule has 1 aliphatic rings. The number of rotatable bonds is 3. The summed E-state index contributed by atoms with van der Waals surface area (Å²) in [7, 11) is 0. The van der Waals surface area contributed by atoms with Crippen molar-refractivity contribution in [1.29, 1.82) is 0 Å². The van der Waals surface area contributed by atoms with Crippen molar-refractivity contribution in [3.63, 3.8) is 0 Å². The quantitative estimate of drug-likeness (QED) is 0.738. The average Bonchev–Trinajstić information content (AvgIpc) is 3.18. The lowest BCUT2D eigenvalue weighted by molar-refractivity contribution is 0.0273. The largest absolute Gasteiger partial charge is 0.373 e. The Bertz CT molecular complexity index is 726. The number of ether oxygens (including phenoxy) is 1. The van der Waals surface area contributed by atoms with Gasteiger partial charge in [-0.2, -0.15) is 5.10 Å². The first-order valence-electron chi connectivity index (χ1n) is 6.92. The van der Waals surface area contributed by atoms with Crippen LogP contribution in [0, 0.1) is 0 Å². The van der Waals surface area contributed by atoms with Crippen LogP contribution in [0.1, 0.15) is 0 Å². The van der Waals surface area contributed by atoms with Gasteiger partial charge in [0.1, 0.15) is 12.1 Å². The summed E-state index contributed by atoms with van der Waals surface area (Å²) in [4.78, 5) is 11.1. The number of hydrogen-bond donors (Lipinski definition) is 0. The van der Waals surface area contributed by atoms with Crippen molar-refractivity contribution in [3.8, 4) is 0 Å². The van der Waals surface area contributed by atoms with Gasteiger partial charge < -0.3 is 9.64 Å². The molecule has 1 saturated heterocycles. The van der Waals surface area contributed by atoms with Crippen LogP contribution < -0.4 is 4.90 Å². The van der Waals surface area contributed by atoms with Crippen LogP contribution in [0.5, 0.6) is 0 Å². The molecule has 0 bridgehead atoms. The number of nitrogens with zero attached hydrogens (tertiary/aromatic N) is 5. The van der Waals surface area contributed by atoms with Gasteiger partial charge in [-0.1, -0.05) is 0 Å². The Labute approximate surface area is 126 Å². The molecule has 0 radical (unpaired) electrons. The van der Waals surface area contributed by atoms with Gasteiger partial charge >= 0.3 is 0 Å². The van der Waals surface area contributed by atoms with Gasteiger partial charge in [0.25, 0.3) is 0 Å². The highest BCUT2D eigenvalue weighted by Crippen LogP contribution is 2.28. The van der Waals surface area contributed by atoms with Crippen LogP contribution in [0.25, 0.3) is 10.2 Å². The van der Waals surface area contributed by atoms with Crippen LogP contribution >= 0.6 is 11.3 Å². The second kappa shape index (κ2) is 5.42. The fraction of sp³-hybridized carbons (Fsp3) is 0.357. The summed E-state index contributed by atoms with van der Waals surface area (Å²) < 4.78 is 8.92. The standard InChI is InChI=1S/C14H15N5OS/c1-3-17-19(4-1)9-11-8-18(5-6-20-11)14-13-12(2-7-21-13)15-10-16-14/h1-4,7,10-11H,5-6,8-9H2/t11-/m1/s1. The molecular formula is C14H15N5OS. The van der Waals surface area contributed by atoms with Crippen molar-refractivity contribution in [3.05, 3.63) is 36.2 Å². The van der Waals surface area contributed by atoms with E-state index in [1.54, 1.807) is 23.9 Å². The van der Waals surface area contributed by atoms with E-state index in [9.17, 15) is 0 Å². The Morgan fingerprint density at radius 1 is 1.38 bits per heavy atom. The van der Waals surface area contributed by atoms with Gasteiger partial charge in [-0.05, 0) is 17.5 Å². The lowest BCUT2D eigenvalue weighted by atomic mass is 10.2. The molecule has 0 N–H and O–H groups in total. The van der Waals surface area contributed by atoms with Crippen molar-refractivity contribution in [2.45, 2.75) is 12.6 Å². The summed E-state index contributed by atoms with van der Waals surface area (Å²) in [5.41, 5.74) is 1.01. The third-order valence-corrected chi connectivity index (χ3v) is 4.51. The van der Waals surface area contributed by atoms with Gasteiger partial charge in [-0.25, -0.2) is 9.97 Å². The van der Waals surface area contributed by atoms with Crippen molar-refractivity contribution in [2.24, 2.45) is 0 Å². The fourth-order valence-electron chi connectivity index (χ4n) is 2.64. The molecule has 6 nitrogen and oxygen atoms in total. The van der Waals surface area contributed by atoms with E-state index in [4.69, 9.17) is 4.74 Å². The van der Waals surface area contributed by atoms with Gasteiger partial charge in [0, 0.05) is 25.5 Å². The van der Waals surface area contributed by atoms with E-state index in [1.165, 1.54) is 0 Å². The second-order valence-electron chi connectivity index (χ2n) is 5.00. The topological polar surface area (TPSA) is 56.1 Å². The van der Waals surface area contributed by atoms with E-state index in [0.29, 0.717) is 6.61 Å². The Morgan fingerprint density at radius 3 is 3.29 bits per heavy atom. The van der Waals surface area contributed by atoms with Crippen molar-refractivity contribution >= 4 is 27.4 Å². The molecule has 1 atom stereocenters. The second-order valence-corrected chi connectivity index (χ2v) is 5.92.